The third-order valence-electron chi connectivity index (χ3n) is 13.1. The van der Waals surface area contributed by atoms with Gasteiger partial charge in [-0.2, -0.15) is 0 Å². The van der Waals surface area contributed by atoms with Crippen LogP contribution in [0.2, 0.25) is 0 Å². The molecule has 4 heteroatoms. The Morgan fingerprint density at radius 2 is 0.984 bits per heavy atom. The van der Waals surface area contributed by atoms with Crippen molar-refractivity contribution in [2.75, 3.05) is 4.90 Å². The highest BCUT2D eigenvalue weighted by Gasteiger charge is 2.36. The van der Waals surface area contributed by atoms with Crippen molar-refractivity contribution in [2.24, 2.45) is 0 Å². The monoisotopic (exact) mass is 783 g/mol. The van der Waals surface area contributed by atoms with Gasteiger partial charge in [0.05, 0.1) is 11.4 Å². The van der Waals surface area contributed by atoms with E-state index in [2.05, 4.69) is 176 Å². The third-order valence-corrected chi connectivity index (χ3v) is 13.1. The van der Waals surface area contributed by atoms with Crippen LogP contribution in [0.4, 0.5) is 17.1 Å². The van der Waals surface area contributed by atoms with E-state index in [1.54, 1.807) is 0 Å². The average molecular weight is 784 g/mol. The zero-order chi connectivity index (χ0) is 40.4. The number of para-hydroxylation sites is 4. The van der Waals surface area contributed by atoms with Gasteiger partial charge in [-0.3, -0.25) is 0 Å². The van der Waals surface area contributed by atoms with Crippen molar-refractivity contribution >= 4 is 82.9 Å². The zero-order valence-electron chi connectivity index (χ0n) is 33.6. The van der Waals surface area contributed by atoms with Crippen molar-refractivity contribution in [3.8, 4) is 33.4 Å². The van der Waals surface area contributed by atoms with E-state index in [-0.39, 0.29) is 5.41 Å². The van der Waals surface area contributed by atoms with Crippen LogP contribution in [0.25, 0.3) is 99.2 Å². The summed E-state index contributed by atoms with van der Waals surface area (Å²) in [5.74, 6) is 0. The normalized spacial score (nSPS) is 13.2. The van der Waals surface area contributed by atoms with Gasteiger partial charge in [-0.1, -0.05) is 153 Å². The minimum absolute atomic E-state index is 0.190. The second-order valence-electron chi connectivity index (χ2n) is 16.7. The molecule has 0 unspecified atom stereocenters. The van der Waals surface area contributed by atoms with E-state index in [4.69, 9.17) is 13.3 Å². The Kier molecular flexibility index (Phi) is 7.04. The molecule has 0 N–H and O–H groups in total. The van der Waals surface area contributed by atoms with Gasteiger partial charge in [-0.15, -0.1) is 0 Å². The van der Waals surface area contributed by atoms with Crippen LogP contribution in [0, 0.1) is 0 Å². The molecule has 0 saturated carbocycles. The highest BCUT2D eigenvalue weighted by Crippen LogP contribution is 2.54. The number of anilines is 3. The molecule has 0 atom stereocenters. The molecule has 1 aliphatic carbocycles. The Morgan fingerprint density at radius 1 is 0.361 bits per heavy atom. The number of furan rings is 3. The Bertz CT molecular complexity index is 3750. The second kappa shape index (κ2) is 12.6. The first-order valence-corrected chi connectivity index (χ1v) is 20.9. The SMILES string of the molecule is CC1(C)c2ccccc2-c2ccc(N(c3ccccc3-c3ccccc3)c3ccc(-c4cccc5c4oc4ccccc45)c4c3oc3ccc5oc6ccccc6c5c34)cc21. The van der Waals surface area contributed by atoms with Gasteiger partial charge in [0.15, 0.2) is 5.58 Å². The van der Waals surface area contributed by atoms with Crippen LogP contribution in [0.3, 0.4) is 0 Å². The highest BCUT2D eigenvalue weighted by molar-refractivity contribution is 6.30. The minimum Gasteiger partial charge on any atom is -0.456 e. The van der Waals surface area contributed by atoms with Gasteiger partial charge in [0, 0.05) is 54.5 Å². The van der Waals surface area contributed by atoms with Crippen LogP contribution in [0.15, 0.2) is 201 Å². The topological polar surface area (TPSA) is 42.7 Å². The maximum Gasteiger partial charge on any atom is 0.160 e. The molecule has 3 heterocycles. The summed E-state index contributed by atoms with van der Waals surface area (Å²) < 4.78 is 20.5. The van der Waals surface area contributed by atoms with Gasteiger partial charge < -0.3 is 18.2 Å². The van der Waals surface area contributed by atoms with Gasteiger partial charge >= 0.3 is 0 Å². The van der Waals surface area contributed by atoms with Crippen molar-refractivity contribution in [2.45, 2.75) is 19.3 Å². The smallest absolute Gasteiger partial charge is 0.160 e. The Labute approximate surface area is 351 Å². The van der Waals surface area contributed by atoms with Crippen molar-refractivity contribution in [1.29, 1.82) is 0 Å². The minimum atomic E-state index is -0.190. The number of nitrogens with zero attached hydrogens (tertiary/aromatic N) is 1. The summed E-state index contributed by atoms with van der Waals surface area (Å²) in [4.78, 5) is 2.41. The summed E-state index contributed by atoms with van der Waals surface area (Å²) in [6.45, 7) is 4.68. The van der Waals surface area contributed by atoms with Crippen molar-refractivity contribution < 1.29 is 13.3 Å². The van der Waals surface area contributed by atoms with Crippen molar-refractivity contribution in [1.82, 2.24) is 0 Å². The molecule has 0 bridgehead atoms. The molecule has 0 saturated heterocycles. The summed E-state index contributed by atoms with van der Waals surface area (Å²) in [5.41, 5.74) is 17.3. The van der Waals surface area contributed by atoms with Crippen LogP contribution in [0.1, 0.15) is 25.0 Å². The van der Waals surface area contributed by atoms with E-state index >= 15 is 0 Å². The standard InChI is InChI=1S/C57H37NO3/c1-57(2)44-23-10-6-18-37(44)38-28-27-35(33-45(38)57)58(46-24-11-7-17-36(46)34-15-4-3-5-16-34)47-30-29-40(42-22-14-21-41-39-19-8-12-25-48(39)60-55(41)42)53-54-51(61-56(47)53)32-31-50-52(54)43-20-9-13-26-49(43)59-50/h3-33H,1-2H3. The fourth-order valence-electron chi connectivity index (χ4n) is 10.3. The molecule has 13 rings (SSSR count). The lowest BCUT2D eigenvalue weighted by Crippen LogP contribution is -2.17. The molecule has 3 aromatic heterocycles. The van der Waals surface area contributed by atoms with Crippen molar-refractivity contribution in [3.05, 3.63) is 199 Å². The summed E-state index contributed by atoms with van der Waals surface area (Å²) in [6, 6.07) is 66.8. The molecule has 0 amide bonds. The number of rotatable bonds is 5. The predicted octanol–water partition coefficient (Wildman–Crippen LogP) is 16.5. The summed E-state index contributed by atoms with van der Waals surface area (Å²) in [5, 5.41) is 6.29. The summed E-state index contributed by atoms with van der Waals surface area (Å²) in [7, 11) is 0. The maximum absolute atomic E-state index is 7.28. The summed E-state index contributed by atoms with van der Waals surface area (Å²) >= 11 is 0. The fourth-order valence-corrected chi connectivity index (χ4v) is 10.3. The van der Waals surface area contributed by atoms with E-state index in [0.717, 1.165) is 105 Å². The Balaban J connectivity index is 1.16. The fraction of sp³-hybridized carbons (Fsp3) is 0.0526. The van der Waals surface area contributed by atoms with Crippen LogP contribution >= 0.6 is 0 Å². The van der Waals surface area contributed by atoms with E-state index in [9.17, 15) is 0 Å². The van der Waals surface area contributed by atoms with Crippen LogP contribution < -0.4 is 4.90 Å². The molecule has 0 fully saturated rings. The lowest BCUT2D eigenvalue weighted by atomic mass is 9.82. The first kappa shape index (κ1) is 34.1. The number of hydrogen-bond acceptors (Lipinski definition) is 4. The van der Waals surface area contributed by atoms with Gasteiger partial charge in [0.1, 0.15) is 27.9 Å². The molecule has 0 radical (unpaired) electrons. The third kappa shape index (κ3) is 4.82. The predicted molar refractivity (Wildman–Crippen MR) is 251 cm³/mol. The largest absolute Gasteiger partial charge is 0.456 e. The number of benzene rings is 9. The molecule has 0 spiro atoms. The van der Waals surface area contributed by atoms with E-state index in [0.29, 0.717) is 0 Å². The molecule has 0 aliphatic heterocycles. The van der Waals surface area contributed by atoms with Gasteiger partial charge in [0.2, 0.25) is 0 Å². The van der Waals surface area contributed by atoms with Crippen LogP contribution in [-0.4, -0.2) is 0 Å². The van der Waals surface area contributed by atoms with Gasteiger partial charge in [0.25, 0.3) is 0 Å². The molecular weight excluding hydrogens is 747 g/mol. The molecule has 1 aliphatic rings. The van der Waals surface area contributed by atoms with Crippen LogP contribution in [-0.2, 0) is 5.41 Å². The lowest BCUT2D eigenvalue weighted by molar-refractivity contribution is 0.660. The van der Waals surface area contributed by atoms with Gasteiger partial charge in [-0.05, 0) is 81.9 Å². The first-order chi connectivity index (χ1) is 30.0. The lowest BCUT2D eigenvalue weighted by Gasteiger charge is -2.30. The van der Waals surface area contributed by atoms with Crippen LogP contribution in [0.5, 0.6) is 0 Å². The van der Waals surface area contributed by atoms with E-state index < -0.39 is 0 Å². The second-order valence-corrected chi connectivity index (χ2v) is 16.7. The maximum atomic E-state index is 7.28. The van der Waals surface area contributed by atoms with Gasteiger partial charge in [-0.25, -0.2) is 0 Å². The zero-order valence-corrected chi connectivity index (χ0v) is 33.6. The average Bonchev–Trinajstić information content (AvgIpc) is 4.05. The van der Waals surface area contributed by atoms with E-state index in [1.807, 2.05) is 30.3 Å². The first-order valence-electron chi connectivity index (χ1n) is 20.9. The highest BCUT2D eigenvalue weighted by atomic mass is 16.3. The molecular formula is C57H37NO3. The molecule has 288 valence electrons. The Hall–Kier alpha value is -7.82. The molecule has 12 aromatic rings. The quantitative estimate of drug-likeness (QED) is 0.174. The number of hydrogen-bond donors (Lipinski definition) is 0. The molecule has 61 heavy (non-hydrogen) atoms. The Morgan fingerprint density at radius 3 is 1.84 bits per heavy atom. The van der Waals surface area contributed by atoms with E-state index in [1.165, 1.54) is 22.3 Å². The number of fused-ring (bicyclic) bond motifs is 13. The van der Waals surface area contributed by atoms with Crippen molar-refractivity contribution in [3.63, 3.8) is 0 Å². The molecule has 4 nitrogen and oxygen atoms in total. The molecule has 9 aromatic carbocycles. The summed E-state index contributed by atoms with van der Waals surface area (Å²) in [6.07, 6.45) is 0.